The van der Waals surface area contributed by atoms with Gasteiger partial charge in [0.1, 0.15) is 12.2 Å². The van der Waals surface area contributed by atoms with Gasteiger partial charge < -0.3 is 33.9 Å². The number of hydrogen-bond acceptors (Lipinski definition) is 7. The first-order valence-corrected chi connectivity index (χ1v) is 7.97. The van der Waals surface area contributed by atoms with Crippen LogP contribution >= 0.6 is 0 Å². The summed E-state index contributed by atoms with van der Waals surface area (Å²) in [5, 5.41) is 20.7. The van der Waals surface area contributed by atoms with Crippen molar-refractivity contribution < 1.29 is 33.9 Å². The van der Waals surface area contributed by atoms with Crippen molar-refractivity contribution in [3.8, 4) is 34.5 Å². The second-order valence-electron chi connectivity index (χ2n) is 5.54. The van der Waals surface area contributed by atoms with Gasteiger partial charge in [0, 0.05) is 0 Å². The van der Waals surface area contributed by atoms with E-state index in [1.54, 1.807) is 31.2 Å². The number of ether oxygens (including phenoxy) is 5. The van der Waals surface area contributed by atoms with Crippen LogP contribution in [0.15, 0.2) is 30.3 Å². The Morgan fingerprint density at radius 3 is 1.88 bits per heavy atom. The van der Waals surface area contributed by atoms with Crippen molar-refractivity contribution in [1.82, 2.24) is 0 Å². The van der Waals surface area contributed by atoms with Crippen molar-refractivity contribution in [2.75, 3.05) is 28.4 Å². The molecule has 0 radical (unpaired) electrons. The number of phenolic OH excluding ortho intramolecular Hbond substituents is 1. The quantitative estimate of drug-likeness (QED) is 0.745. The number of para-hydroxylation sites is 1. The van der Waals surface area contributed by atoms with Gasteiger partial charge in [-0.25, -0.2) is 0 Å². The number of phenols is 1. The van der Waals surface area contributed by atoms with Gasteiger partial charge in [-0.1, -0.05) is 6.07 Å². The summed E-state index contributed by atoms with van der Waals surface area (Å²) in [5.74, 6) is 1.74. The Kier molecular flexibility index (Phi) is 6.41. The number of aliphatic hydroxyl groups is 1. The summed E-state index contributed by atoms with van der Waals surface area (Å²) in [4.78, 5) is 0. The number of aliphatic hydroxyl groups excluding tert-OH is 1. The van der Waals surface area contributed by atoms with E-state index in [4.69, 9.17) is 23.7 Å². The van der Waals surface area contributed by atoms with Gasteiger partial charge in [-0.3, -0.25) is 0 Å². The zero-order chi connectivity index (χ0) is 19.3. The van der Waals surface area contributed by atoms with E-state index in [0.717, 1.165) is 0 Å². The lowest BCUT2D eigenvalue weighted by molar-refractivity contribution is 0.0432. The summed E-state index contributed by atoms with van der Waals surface area (Å²) in [5.41, 5.74) is 0.515. The van der Waals surface area contributed by atoms with Crippen LogP contribution in [0.5, 0.6) is 34.5 Å². The van der Waals surface area contributed by atoms with E-state index in [2.05, 4.69) is 0 Å². The number of aromatic hydroxyl groups is 1. The van der Waals surface area contributed by atoms with Crippen molar-refractivity contribution >= 4 is 0 Å². The molecule has 0 spiro atoms. The molecular weight excluding hydrogens is 340 g/mol. The molecule has 0 aliphatic rings. The topological polar surface area (TPSA) is 86.6 Å². The van der Waals surface area contributed by atoms with Crippen molar-refractivity contribution in [2.45, 2.75) is 19.1 Å². The molecule has 26 heavy (non-hydrogen) atoms. The van der Waals surface area contributed by atoms with Gasteiger partial charge in [-0.15, -0.1) is 0 Å². The Bertz CT molecular complexity index is 720. The summed E-state index contributed by atoms with van der Waals surface area (Å²) in [7, 11) is 5.98. The van der Waals surface area contributed by atoms with E-state index < -0.39 is 12.2 Å². The normalized spacial score (nSPS) is 12.8. The molecule has 0 saturated carbocycles. The largest absolute Gasteiger partial charge is 0.504 e. The predicted octanol–water partition coefficient (Wildman–Crippen LogP) is 2.93. The maximum absolute atomic E-state index is 10.7. The second-order valence-corrected chi connectivity index (χ2v) is 5.54. The highest BCUT2D eigenvalue weighted by atomic mass is 16.5. The van der Waals surface area contributed by atoms with Gasteiger partial charge in [-0.05, 0) is 36.8 Å². The molecule has 0 fully saturated rings. The predicted molar refractivity (Wildman–Crippen MR) is 95.8 cm³/mol. The maximum atomic E-state index is 10.7. The van der Waals surface area contributed by atoms with Gasteiger partial charge in [0.2, 0.25) is 11.5 Å². The van der Waals surface area contributed by atoms with Crippen LogP contribution in [0.1, 0.15) is 18.6 Å². The third-order valence-corrected chi connectivity index (χ3v) is 3.95. The van der Waals surface area contributed by atoms with Crippen molar-refractivity contribution in [1.29, 1.82) is 0 Å². The summed E-state index contributed by atoms with van der Waals surface area (Å²) < 4.78 is 26.8. The third kappa shape index (κ3) is 3.88. The van der Waals surface area contributed by atoms with E-state index in [0.29, 0.717) is 28.6 Å². The molecule has 2 aromatic rings. The van der Waals surface area contributed by atoms with Gasteiger partial charge in [-0.2, -0.15) is 0 Å². The number of methoxy groups -OCH3 is 4. The third-order valence-electron chi connectivity index (χ3n) is 3.95. The molecule has 0 aromatic heterocycles. The smallest absolute Gasteiger partial charge is 0.203 e. The summed E-state index contributed by atoms with van der Waals surface area (Å²) >= 11 is 0. The summed E-state index contributed by atoms with van der Waals surface area (Å²) in [6.45, 7) is 1.68. The van der Waals surface area contributed by atoms with Crippen LogP contribution < -0.4 is 23.7 Å². The molecule has 0 aliphatic heterocycles. The lowest BCUT2D eigenvalue weighted by atomic mass is 10.0. The first kappa shape index (κ1) is 19.5. The number of hydrogen-bond donors (Lipinski definition) is 2. The highest BCUT2D eigenvalue weighted by molar-refractivity contribution is 5.54. The second kappa shape index (κ2) is 8.53. The molecule has 7 nitrogen and oxygen atoms in total. The first-order chi connectivity index (χ1) is 12.5. The van der Waals surface area contributed by atoms with Crippen LogP contribution in [0, 0.1) is 0 Å². The standard InChI is InChI=1S/C19H24O7/c1-11(26-18-13(20)7-6-8-14(18)22-2)17(21)12-9-15(23-3)19(25-5)16(10-12)24-4/h6-11,17,20-21H,1-5H3/t11-,17?/m1/s1. The maximum Gasteiger partial charge on any atom is 0.203 e. The van der Waals surface area contributed by atoms with Crippen molar-refractivity contribution in [2.24, 2.45) is 0 Å². The minimum Gasteiger partial charge on any atom is -0.504 e. The van der Waals surface area contributed by atoms with Gasteiger partial charge >= 0.3 is 0 Å². The van der Waals surface area contributed by atoms with Crippen LogP contribution in [-0.4, -0.2) is 44.8 Å². The molecule has 2 N–H and O–H groups in total. The zero-order valence-electron chi connectivity index (χ0n) is 15.5. The molecule has 0 saturated heterocycles. The minimum absolute atomic E-state index is 0.0757. The molecule has 0 heterocycles. The molecule has 2 aromatic carbocycles. The van der Waals surface area contributed by atoms with Crippen LogP contribution in [0.3, 0.4) is 0 Å². The fourth-order valence-corrected chi connectivity index (χ4v) is 2.58. The molecule has 7 heteroatoms. The highest BCUT2D eigenvalue weighted by Crippen LogP contribution is 2.42. The Morgan fingerprint density at radius 2 is 1.38 bits per heavy atom. The summed E-state index contributed by atoms with van der Waals surface area (Å²) in [6.07, 6.45) is -1.71. The lowest BCUT2D eigenvalue weighted by Gasteiger charge is -2.23. The molecule has 0 bridgehead atoms. The fraction of sp³-hybridized carbons (Fsp3) is 0.368. The zero-order valence-corrected chi connectivity index (χ0v) is 15.5. The average molecular weight is 364 g/mol. The SMILES string of the molecule is COc1cccc(O)c1O[C@H](C)C(O)c1cc(OC)c(OC)c(OC)c1. The van der Waals surface area contributed by atoms with E-state index >= 15 is 0 Å². The molecule has 2 rings (SSSR count). The Morgan fingerprint density at radius 1 is 0.808 bits per heavy atom. The van der Waals surface area contributed by atoms with Crippen molar-refractivity contribution in [3.05, 3.63) is 35.9 Å². The van der Waals surface area contributed by atoms with Crippen LogP contribution in [-0.2, 0) is 0 Å². The van der Waals surface area contributed by atoms with Crippen molar-refractivity contribution in [3.63, 3.8) is 0 Å². The Hall–Kier alpha value is -2.80. The van der Waals surface area contributed by atoms with Crippen LogP contribution in [0.4, 0.5) is 0 Å². The monoisotopic (exact) mass is 364 g/mol. The van der Waals surface area contributed by atoms with E-state index in [1.807, 2.05) is 0 Å². The molecule has 0 amide bonds. The molecule has 142 valence electrons. The van der Waals surface area contributed by atoms with Crippen LogP contribution in [0.25, 0.3) is 0 Å². The summed E-state index contributed by atoms with van der Waals surface area (Å²) in [6, 6.07) is 8.08. The van der Waals surface area contributed by atoms with E-state index in [-0.39, 0.29) is 11.5 Å². The average Bonchev–Trinajstić information content (AvgIpc) is 2.67. The number of benzene rings is 2. The van der Waals surface area contributed by atoms with Crippen LogP contribution in [0.2, 0.25) is 0 Å². The Labute approximate surface area is 152 Å². The molecule has 0 aliphatic carbocycles. The molecule has 2 atom stereocenters. The molecular formula is C19H24O7. The highest BCUT2D eigenvalue weighted by Gasteiger charge is 2.24. The van der Waals surface area contributed by atoms with Gasteiger partial charge in [0.05, 0.1) is 28.4 Å². The minimum atomic E-state index is -1.02. The molecule has 1 unspecified atom stereocenters. The fourth-order valence-electron chi connectivity index (χ4n) is 2.58. The lowest BCUT2D eigenvalue weighted by Crippen LogP contribution is -2.22. The number of rotatable bonds is 8. The van der Waals surface area contributed by atoms with E-state index in [1.165, 1.54) is 34.5 Å². The first-order valence-electron chi connectivity index (χ1n) is 7.97. The van der Waals surface area contributed by atoms with E-state index in [9.17, 15) is 10.2 Å². The van der Waals surface area contributed by atoms with Gasteiger partial charge in [0.15, 0.2) is 23.0 Å². The van der Waals surface area contributed by atoms with Gasteiger partial charge in [0.25, 0.3) is 0 Å². The Balaban J connectivity index is 2.33.